The van der Waals surface area contributed by atoms with E-state index in [0.717, 1.165) is 40.7 Å². The minimum absolute atomic E-state index is 0.0414. The first kappa shape index (κ1) is 16.6. The number of piperidine rings is 1. The molecule has 2 unspecified atom stereocenters. The molecule has 4 rings (SSSR count). The van der Waals surface area contributed by atoms with E-state index in [9.17, 15) is 13.6 Å². The Labute approximate surface area is 146 Å². The molecule has 3 nitrogen and oxygen atoms in total. The van der Waals surface area contributed by atoms with E-state index >= 15 is 0 Å². The molecule has 1 amide bonds. The number of aryl methyl sites for hydroxylation is 2. The number of carbonyl (C=O) groups excluding carboxylic acids is 1. The van der Waals surface area contributed by atoms with Gasteiger partial charge in [0.25, 0.3) is 5.92 Å². The molecule has 2 heterocycles. The summed E-state index contributed by atoms with van der Waals surface area (Å²) in [5, 5.41) is 1.09. The fourth-order valence-corrected chi connectivity index (χ4v) is 3.92. The fourth-order valence-electron chi connectivity index (χ4n) is 3.92. The molecule has 0 spiro atoms. The van der Waals surface area contributed by atoms with Crippen molar-refractivity contribution >= 4 is 16.9 Å². The zero-order valence-corrected chi connectivity index (χ0v) is 14.6. The molecule has 2 atom stereocenters. The summed E-state index contributed by atoms with van der Waals surface area (Å²) in [6, 6.07) is 6.29. The Morgan fingerprint density at radius 2 is 2.00 bits per heavy atom. The van der Waals surface area contributed by atoms with Gasteiger partial charge in [-0.2, -0.15) is 0 Å². The molecule has 2 aliphatic rings. The Kier molecular flexibility index (Phi) is 3.85. The van der Waals surface area contributed by atoms with Crippen LogP contribution in [0.15, 0.2) is 22.6 Å². The Bertz CT molecular complexity index is 816. The largest absolute Gasteiger partial charge is 0.461 e. The number of furan rings is 1. The summed E-state index contributed by atoms with van der Waals surface area (Å²) >= 11 is 0. The number of likely N-dealkylation sites (tertiary alicyclic amines) is 1. The second-order valence-electron chi connectivity index (χ2n) is 7.45. The molecule has 1 aliphatic heterocycles. The van der Waals surface area contributed by atoms with Gasteiger partial charge in [-0.25, -0.2) is 8.78 Å². The Hall–Kier alpha value is -1.91. The van der Waals surface area contributed by atoms with Gasteiger partial charge in [0.1, 0.15) is 11.3 Å². The van der Waals surface area contributed by atoms with Gasteiger partial charge in [0.05, 0.1) is 0 Å². The number of benzene rings is 1. The average Bonchev–Trinajstić information content (AvgIpc) is 3.26. The van der Waals surface area contributed by atoms with E-state index < -0.39 is 5.92 Å². The van der Waals surface area contributed by atoms with Crippen LogP contribution in [0, 0.1) is 12.8 Å². The Balaban J connectivity index is 1.49. The smallest absolute Gasteiger partial charge is 0.251 e. The molecule has 0 N–H and O–H groups in total. The number of fused-ring (bicyclic) bond motifs is 1. The van der Waals surface area contributed by atoms with Crippen LogP contribution >= 0.6 is 0 Å². The van der Waals surface area contributed by atoms with Crippen LogP contribution in [0.2, 0.25) is 0 Å². The molecule has 1 saturated carbocycles. The highest BCUT2D eigenvalue weighted by Gasteiger charge is 2.47. The predicted molar refractivity (Wildman–Crippen MR) is 91.9 cm³/mol. The number of rotatable bonds is 3. The van der Waals surface area contributed by atoms with Crippen molar-refractivity contribution in [2.75, 3.05) is 13.1 Å². The van der Waals surface area contributed by atoms with Gasteiger partial charge in [-0.05, 0) is 42.5 Å². The summed E-state index contributed by atoms with van der Waals surface area (Å²) in [4.78, 5) is 14.2. The maximum absolute atomic E-state index is 13.3. The van der Waals surface area contributed by atoms with Crippen molar-refractivity contribution < 1.29 is 18.0 Å². The van der Waals surface area contributed by atoms with E-state index in [1.54, 1.807) is 4.90 Å². The molecule has 1 saturated heterocycles. The van der Waals surface area contributed by atoms with E-state index in [0.29, 0.717) is 0 Å². The standard InChI is InChI=1S/C20H23F2NO2/c1-3-15-10-14-9-13(8-12(2)18(14)25-15)16-11-17(16)19(24)23-6-4-20(21,22)5-7-23/h8-10,16-17H,3-7,11H2,1-2H3. The number of hydrogen-bond donors (Lipinski definition) is 0. The third kappa shape index (κ3) is 3.05. The number of halogens is 2. The second-order valence-corrected chi connectivity index (χ2v) is 7.45. The molecule has 25 heavy (non-hydrogen) atoms. The van der Waals surface area contributed by atoms with E-state index in [4.69, 9.17) is 4.42 Å². The van der Waals surface area contributed by atoms with Crippen LogP contribution in [0.3, 0.4) is 0 Å². The van der Waals surface area contributed by atoms with Crippen molar-refractivity contribution in [1.29, 1.82) is 0 Å². The number of amides is 1. The van der Waals surface area contributed by atoms with Gasteiger partial charge in [0.15, 0.2) is 0 Å². The number of hydrogen-bond acceptors (Lipinski definition) is 2. The first-order valence-corrected chi connectivity index (χ1v) is 9.07. The minimum Gasteiger partial charge on any atom is -0.461 e. The Morgan fingerprint density at radius 3 is 2.68 bits per heavy atom. The summed E-state index contributed by atoms with van der Waals surface area (Å²) in [6.45, 7) is 4.44. The lowest BCUT2D eigenvalue weighted by Crippen LogP contribution is -2.43. The quantitative estimate of drug-likeness (QED) is 0.809. The first-order valence-electron chi connectivity index (χ1n) is 9.07. The molecule has 134 valence electrons. The van der Waals surface area contributed by atoms with Crippen LogP contribution in [0.25, 0.3) is 11.0 Å². The minimum atomic E-state index is -2.61. The van der Waals surface area contributed by atoms with Crippen LogP contribution in [-0.4, -0.2) is 29.8 Å². The molecule has 2 aromatic rings. The molecular weight excluding hydrogens is 324 g/mol. The van der Waals surface area contributed by atoms with Crippen molar-refractivity contribution in [2.45, 2.75) is 51.4 Å². The molecule has 0 bridgehead atoms. The monoisotopic (exact) mass is 347 g/mol. The number of alkyl halides is 2. The summed E-state index contributed by atoms with van der Waals surface area (Å²) in [5.41, 5.74) is 3.17. The van der Waals surface area contributed by atoms with Gasteiger partial charge in [-0.3, -0.25) is 4.79 Å². The van der Waals surface area contributed by atoms with Crippen LogP contribution in [0.1, 0.15) is 49.0 Å². The Morgan fingerprint density at radius 1 is 1.28 bits per heavy atom. The van der Waals surface area contributed by atoms with Crippen LogP contribution in [0.5, 0.6) is 0 Å². The van der Waals surface area contributed by atoms with Crippen molar-refractivity contribution in [3.8, 4) is 0 Å². The summed E-state index contributed by atoms with van der Waals surface area (Å²) < 4.78 is 32.4. The maximum Gasteiger partial charge on any atom is 0.251 e. The van der Waals surface area contributed by atoms with Gasteiger partial charge in [-0.1, -0.05) is 13.0 Å². The summed E-state index contributed by atoms with van der Waals surface area (Å²) in [6.07, 6.45) is 1.24. The SMILES string of the molecule is CCc1cc2cc(C3CC3C(=O)N3CCC(F)(F)CC3)cc(C)c2o1. The first-order chi connectivity index (χ1) is 11.9. The van der Waals surface area contributed by atoms with E-state index in [-0.39, 0.29) is 43.7 Å². The van der Waals surface area contributed by atoms with E-state index in [1.165, 1.54) is 0 Å². The summed E-state index contributed by atoms with van der Waals surface area (Å²) in [7, 11) is 0. The molecule has 1 aromatic carbocycles. The van der Waals surface area contributed by atoms with Crippen LogP contribution < -0.4 is 0 Å². The lowest BCUT2D eigenvalue weighted by Gasteiger charge is -2.32. The van der Waals surface area contributed by atoms with Crippen molar-refractivity contribution in [1.82, 2.24) is 4.90 Å². The summed E-state index contributed by atoms with van der Waals surface area (Å²) in [5.74, 6) is -1.45. The fraction of sp³-hybridized carbons (Fsp3) is 0.550. The second kappa shape index (κ2) is 5.82. The third-order valence-corrected chi connectivity index (χ3v) is 5.57. The molecule has 0 radical (unpaired) electrons. The highest BCUT2D eigenvalue weighted by atomic mass is 19.3. The number of carbonyl (C=O) groups is 1. The molecule has 5 heteroatoms. The lowest BCUT2D eigenvalue weighted by molar-refractivity contribution is -0.138. The number of nitrogens with zero attached hydrogens (tertiary/aromatic N) is 1. The lowest BCUT2D eigenvalue weighted by atomic mass is 10.0. The van der Waals surface area contributed by atoms with Gasteiger partial charge in [-0.15, -0.1) is 0 Å². The van der Waals surface area contributed by atoms with Crippen LogP contribution in [0.4, 0.5) is 8.78 Å². The van der Waals surface area contributed by atoms with Gasteiger partial charge in [0, 0.05) is 43.7 Å². The average molecular weight is 347 g/mol. The molecule has 2 fully saturated rings. The molecule has 1 aromatic heterocycles. The zero-order valence-electron chi connectivity index (χ0n) is 14.6. The topological polar surface area (TPSA) is 33.5 Å². The zero-order chi connectivity index (χ0) is 17.8. The predicted octanol–water partition coefficient (Wildman–Crippen LogP) is 4.66. The van der Waals surface area contributed by atoms with Crippen LogP contribution in [-0.2, 0) is 11.2 Å². The van der Waals surface area contributed by atoms with E-state index in [2.05, 4.69) is 25.1 Å². The van der Waals surface area contributed by atoms with Crippen molar-refractivity contribution in [3.05, 3.63) is 35.1 Å². The highest BCUT2D eigenvalue weighted by molar-refractivity contribution is 5.85. The highest BCUT2D eigenvalue weighted by Crippen LogP contribution is 2.50. The normalized spacial score (nSPS) is 25.4. The molecule has 1 aliphatic carbocycles. The molecular formula is C20H23F2NO2. The maximum atomic E-state index is 13.3. The van der Waals surface area contributed by atoms with Gasteiger partial charge >= 0.3 is 0 Å². The van der Waals surface area contributed by atoms with Crippen molar-refractivity contribution in [3.63, 3.8) is 0 Å². The van der Waals surface area contributed by atoms with Gasteiger partial charge in [0.2, 0.25) is 5.91 Å². The van der Waals surface area contributed by atoms with Crippen molar-refractivity contribution in [2.24, 2.45) is 5.92 Å². The van der Waals surface area contributed by atoms with E-state index in [1.807, 2.05) is 6.92 Å². The third-order valence-electron chi connectivity index (χ3n) is 5.57. The van der Waals surface area contributed by atoms with Gasteiger partial charge < -0.3 is 9.32 Å².